The minimum absolute atomic E-state index is 0.164. The number of carbonyl (C=O) groups excluding carboxylic acids is 3. The summed E-state index contributed by atoms with van der Waals surface area (Å²) in [6, 6.07) is 22.1. The van der Waals surface area contributed by atoms with Crippen molar-refractivity contribution in [3.8, 4) is 0 Å². The van der Waals surface area contributed by atoms with Gasteiger partial charge in [0.25, 0.3) is 5.91 Å². The zero-order valence-corrected chi connectivity index (χ0v) is 23.3. The first-order chi connectivity index (χ1) is 20.7. The van der Waals surface area contributed by atoms with Gasteiger partial charge in [0, 0.05) is 22.7 Å². The number of benzodiazepines with no additional fused rings is 1. The van der Waals surface area contributed by atoms with Gasteiger partial charge in [-0.1, -0.05) is 66.7 Å². The van der Waals surface area contributed by atoms with E-state index in [0.717, 1.165) is 4.90 Å². The summed E-state index contributed by atoms with van der Waals surface area (Å²) in [5.41, 5.74) is 1.80. The molecular weight excluding hydrogens is 574 g/mol. The highest BCUT2D eigenvalue weighted by atomic mass is 32.2. The molecule has 3 N–H and O–H groups in total. The van der Waals surface area contributed by atoms with Crippen LogP contribution in [-0.2, 0) is 29.2 Å². The predicted octanol–water partition coefficient (Wildman–Crippen LogP) is 1.88. The summed E-state index contributed by atoms with van der Waals surface area (Å²) >= 11 is 0. The molecule has 3 aromatic carbocycles. The summed E-state index contributed by atoms with van der Waals surface area (Å²) in [4.78, 5) is 59.2. The highest BCUT2D eigenvalue weighted by Crippen LogP contribution is 2.29. The lowest BCUT2D eigenvalue weighted by molar-refractivity contribution is -0.138. The third-order valence-electron chi connectivity index (χ3n) is 6.61. The normalized spacial score (nSPS) is 15.6. The summed E-state index contributed by atoms with van der Waals surface area (Å²) in [5.74, 6) is -3.00. The van der Waals surface area contributed by atoms with Crippen LogP contribution in [0.1, 0.15) is 17.5 Å². The second-order valence-electron chi connectivity index (χ2n) is 9.55. The largest absolute Gasteiger partial charge is 0.481 e. The third kappa shape index (κ3) is 6.32. The van der Waals surface area contributed by atoms with Gasteiger partial charge in [0.2, 0.25) is 15.9 Å². The van der Waals surface area contributed by atoms with Gasteiger partial charge in [-0.05, 0) is 18.2 Å². The van der Waals surface area contributed by atoms with E-state index in [1.165, 1.54) is 12.3 Å². The molecule has 0 saturated heterocycles. The number of carbonyl (C=O) groups is 4. The number of sulfonamides is 1. The summed E-state index contributed by atoms with van der Waals surface area (Å²) in [6.07, 6.45) is -0.615. The number of hydrogen-bond donors (Lipinski definition) is 3. The summed E-state index contributed by atoms with van der Waals surface area (Å²) in [5, 5.41) is 11.9. The molecule has 12 nitrogen and oxygen atoms in total. The Morgan fingerprint density at radius 2 is 1.70 bits per heavy atom. The Hall–Kier alpha value is -5.27. The Labute approximate surface area is 246 Å². The van der Waals surface area contributed by atoms with Gasteiger partial charge in [0.1, 0.15) is 17.7 Å². The molecule has 2 heterocycles. The second-order valence-corrected chi connectivity index (χ2v) is 11.2. The van der Waals surface area contributed by atoms with Gasteiger partial charge in [-0.15, -0.1) is 0 Å². The molecule has 218 valence electrons. The maximum atomic E-state index is 14.1. The van der Waals surface area contributed by atoms with Crippen LogP contribution in [0.15, 0.2) is 101 Å². The zero-order chi connectivity index (χ0) is 30.6. The van der Waals surface area contributed by atoms with E-state index in [-0.39, 0.29) is 22.4 Å². The second kappa shape index (κ2) is 12.3. The van der Waals surface area contributed by atoms with Crippen molar-refractivity contribution in [2.24, 2.45) is 4.99 Å². The number of benzene rings is 3. The van der Waals surface area contributed by atoms with Crippen LogP contribution in [0, 0.1) is 0 Å². The third-order valence-corrected chi connectivity index (χ3v) is 8.06. The lowest BCUT2D eigenvalue weighted by Gasteiger charge is -2.25. The number of aldehydes is 1. The molecule has 0 radical (unpaired) electrons. The molecule has 2 amide bonds. The molecule has 0 aliphatic carbocycles. The van der Waals surface area contributed by atoms with Crippen molar-refractivity contribution >= 4 is 56.4 Å². The maximum absolute atomic E-state index is 14.1. The van der Waals surface area contributed by atoms with E-state index in [0.29, 0.717) is 22.2 Å². The molecule has 4 aromatic rings. The summed E-state index contributed by atoms with van der Waals surface area (Å²) in [7, 11) is -4.40. The monoisotopic (exact) mass is 599 g/mol. The van der Waals surface area contributed by atoms with Crippen LogP contribution in [0.4, 0.5) is 5.69 Å². The number of amides is 2. The molecule has 1 aliphatic rings. The number of pyridine rings is 1. The number of hydrogen-bond acceptors (Lipinski definition) is 8. The first-order valence-corrected chi connectivity index (χ1v) is 14.5. The fourth-order valence-corrected chi connectivity index (χ4v) is 5.97. The molecule has 2 atom stereocenters. The summed E-state index contributed by atoms with van der Waals surface area (Å²) in [6.45, 7) is -0.647. The van der Waals surface area contributed by atoms with Gasteiger partial charge < -0.3 is 15.2 Å². The number of nitrogens with zero attached hydrogens (tertiary/aromatic N) is 3. The molecular formula is C30H25N5O7S. The average molecular weight is 600 g/mol. The molecule has 0 spiro atoms. The number of aliphatic imine (C=N–C) groups is 1. The van der Waals surface area contributed by atoms with Crippen molar-refractivity contribution in [2.75, 3.05) is 11.4 Å². The van der Waals surface area contributed by atoms with Gasteiger partial charge in [-0.2, -0.15) is 4.72 Å². The number of para-hydroxylation sites is 2. The molecule has 5 rings (SSSR count). The van der Waals surface area contributed by atoms with Crippen molar-refractivity contribution in [3.63, 3.8) is 0 Å². The Bertz CT molecular complexity index is 1860. The van der Waals surface area contributed by atoms with Gasteiger partial charge in [-0.3, -0.25) is 29.3 Å². The van der Waals surface area contributed by atoms with Crippen molar-refractivity contribution < 1.29 is 32.7 Å². The van der Waals surface area contributed by atoms with Crippen LogP contribution in [0.25, 0.3) is 10.9 Å². The van der Waals surface area contributed by atoms with E-state index in [2.05, 4.69) is 20.0 Å². The van der Waals surface area contributed by atoms with Crippen LogP contribution in [-0.4, -0.2) is 67.0 Å². The smallest absolute Gasteiger partial charge is 0.305 e. The number of carboxylic acids is 1. The van der Waals surface area contributed by atoms with Crippen molar-refractivity contribution in [1.82, 2.24) is 15.0 Å². The molecule has 13 heteroatoms. The van der Waals surface area contributed by atoms with Gasteiger partial charge >= 0.3 is 5.97 Å². The van der Waals surface area contributed by atoms with Crippen LogP contribution < -0.4 is 14.9 Å². The molecule has 0 fully saturated rings. The standard InChI is InChI=1S/C30H25N5O7S/c36-18-21(16-26(38)39)32-25(37)17-35-23-13-5-4-12-22(23)27(19-8-2-1-3-9-19)33-29(30(35)40)34-43(41,42)24-14-6-10-20-11-7-15-31-28(20)24/h1-15,18,21,29,34H,16-17H2,(H,32,37)(H,38,39)/t21-,29?/m0/s1. The molecule has 0 bridgehead atoms. The first-order valence-electron chi connectivity index (χ1n) is 13.0. The number of rotatable bonds is 10. The Balaban J connectivity index is 1.59. The average Bonchev–Trinajstić information content (AvgIpc) is 3.11. The Morgan fingerprint density at radius 3 is 2.44 bits per heavy atom. The number of aliphatic carboxylic acids is 1. The predicted molar refractivity (Wildman–Crippen MR) is 157 cm³/mol. The highest BCUT2D eigenvalue weighted by molar-refractivity contribution is 7.89. The topological polar surface area (TPSA) is 175 Å². The van der Waals surface area contributed by atoms with Crippen LogP contribution in [0.2, 0.25) is 0 Å². The Morgan fingerprint density at radius 1 is 0.977 bits per heavy atom. The van der Waals surface area contributed by atoms with E-state index in [1.807, 2.05) is 0 Å². The molecule has 1 aromatic heterocycles. The summed E-state index contributed by atoms with van der Waals surface area (Å²) < 4.78 is 29.9. The van der Waals surface area contributed by atoms with Gasteiger partial charge in [-0.25, -0.2) is 8.42 Å². The van der Waals surface area contributed by atoms with E-state index in [4.69, 9.17) is 5.11 Å². The van der Waals surface area contributed by atoms with E-state index in [1.54, 1.807) is 78.9 Å². The molecule has 1 aliphatic heterocycles. The van der Waals surface area contributed by atoms with Crippen LogP contribution >= 0.6 is 0 Å². The number of nitrogens with one attached hydrogen (secondary N) is 2. The fraction of sp³-hybridized carbons (Fsp3) is 0.133. The highest BCUT2D eigenvalue weighted by Gasteiger charge is 2.36. The maximum Gasteiger partial charge on any atom is 0.305 e. The van der Waals surface area contributed by atoms with Gasteiger partial charge in [0.05, 0.1) is 29.4 Å². The van der Waals surface area contributed by atoms with Crippen molar-refractivity contribution in [2.45, 2.75) is 23.5 Å². The lowest BCUT2D eigenvalue weighted by atomic mass is 10.0. The number of anilines is 1. The van der Waals surface area contributed by atoms with E-state index >= 15 is 0 Å². The molecule has 43 heavy (non-hydrogen) atoms. The lowest BCUT2D eigenvalue weighted by Crippen LogP contribution is -2.51. The number of carboxylic acid groups (broad SMARTS) is 1. The minimum Gasteiger partial charge on any atom is -0.481 e. The van der Waals surface area contributed by atoms with E-state index in [9.17, 15) is 27.6 Å². The first kappa shape index (κ1) is 29.2. The fourth-order valence-electron chi connectivity index (χ4n) is 4.72. The molecule has 0 saturated carbocycles. The minimum atomic E-state index is -4.40. The van der Waals surface area contributed by atoms with Crippen molar-refractivity contribution in [3.05, 3.63) is 102 Å². The molecule has 1 unspecified atom stereocenters. The van der Waals surface area contributed by atoms with Gasteiger partial charge in [0.15, 0.2) is 6.17 Å². The quantitative estimate of drug-likeness (QED) is 0.232. The Kier molecular flexibility index (Phi) is 8.36. The number of aromatic nitrogens is 1. The number of fused-ring (bicyclic) bond motifs is 2. The van der Waals surface area contributed by atoms with E-state index < -0.39 is 53.0 Å². The zero-order valence-electron chi connectivity index (χ0n) is 22.5. The van der Waals surface area contributed by atoms with Crippen molar-refractivity contribution in [1.29, 1.82) is 0 Å². The SMILES string of the molecule is O=C[C@H](CC(=O)O)NC(=O)CN1C(=O)C(NS(=O)(=O)c2cccc3cccnc23)N=C(c2ccccc2)c2ccccc21. The van der Waals surface area contributed by atoms with Crippen LogP contribution in [0.3, 0.4) is 0 Å². The van der Waals surface area contributed by atoms with Crippen LogP contribution in [0.5, 0.6) is 0 Å².